The van der Waals surface area contributed by atoms with E-state index in [4.69, 9.17) is 9.47 Å². The first-order valence-corrected chi connectivity index (χ1v) is 8.30. The van der Waals surface area contributed by atoms with E-state index in [0.717, 1.165) is 5.56 Å². The first kappa shape index (κ1) is 19.2. The molecule has 6 heteroatoms. The number of esters is 2. The average molecular weight is 355 g/mol. The summed E-state index contributed by atoms with van der Waals surface area (Å²) in [6.45, 7) is 3.17. The zero-order valence-electron chi connectivity index (χ0n) is 14.7. The highest BCUT2D eigenvalue weighted by atomic mass is 16.5. The molecule has 2 aromatic carbocycles. The molecular formula is C20H21NO5. The Hall–Kier alpha value is -3.15. The molecule has 0 aliphatic carbocycles. The van der Waals surface area contributed by atoms with Crippen LogP contribution in [0.15, 0.2) is 54.6 Å². The minimum atomic E-state index is -0.852. The third kappa shape index (κ3) is 5.44. The lowest BCUT2D eigenvalue weighted by atomic mass is 10.1. The molecule has 0 fully saturated rings. The number of para-hydroxylation sites is 1. The standard InChI is InChI=1S/C20H21NO5/c1-3-25-20(24)17(13-15-9-5-4-6-10-15)21-19(23)16-11-7-8-12-18(16)26-14(2)22/h4-12,17H,3,13H2,1-2H3,(H,21,23)/t17-/m0/s1. The van der Waals surface area contributed by atoms with E-state index in [1.54, 1.807) is 19.1 Å². The maximum absolute atomic E-state index is 12.6. The molecule has 0 aliphatic rings. The van der Waals surface area contributed by atoms with Gasteiger partial charge in [-0.15, -0.1) is 0 Å². The van der Waals surface area contributed by atoms with Crippen LogP contribution in [-0.2, 0) is 20.7 Å². The van der Waals surface area contributed by atoms with Crippen molar-refractivity contribution in [2.24, 2.45) is 0 Å². The van der Waals surface area contributed by atoms with Gasteiger partial charge in [0.15, 0.2) is 0 Å². The molecule has 136 valence electrons. The minimum absolute atomic E-state index is 0.139. The van der Waals surface area contributed by atoms with Crippen LogP contribution in [0.5, 0.6) is 5.75 Å². The molecule has 0 heterocycles. The summed E-state index contributed by atoms with van der Waals surface area (Å²) in [6, 6.07) is 14.8. The van der Waals surface area contributed by atoms with Gasteiger partial charge in [-0.2, -0.15) is 0 Å². The monoisotopic (exact) mass is 355 g/mol. The van der Waals surface area contributed by atoms with E-state index in [9.17, 15) is 14.4 Å². The lowest BCUT2D eigenvalue weighted by molar-refractivity contribution is -0.145. The molecule has 0 aromatic heterocycles. The van der Waals surface area contributed by atoms with Crippen LogP contribution in [0.2, 0.25) is 0 Å². The van der Waals surface area contributed by atoms with Gasteiger partial charge in [0.2, 0.25) is 0 Å². The first-order chi connectivity index (χ1) is 12.5. The molecule has 1 amide bonds. The molecule has 26 heavy (non-hydrogen) atoms. The van der Waals surface area contributed by atoms with E-state index in [0.29, 0.717) is 6.42 Å². The number of hydrogen-bond donors (Lipinski definition) is 1. The largest absolute Gasteiger partial charge is 0.464 e. The maximum Gasteiger partial charge on any atom is 0.328 e. The molecule has 0 spiro atoms. The third-order valence-electron chi connectivity index (χ3n) is 3.54. The summed E-state index contributed by atoms with van der Waals surface area (Å²) in [7, 11) is 0. The maximum atomic E-state index is 12.6. The van der Waals surface area contributed by atoms with E-state index in [1.807, 2.05) is 30.3 Å². The summed E-state index contributed by atoms with van der Waals surface area (Å²) in [6.07, 6.45) is 0.293. The van der Waals surface area contributed by atoms with Gasteiger partial charge in [0, 0.05) is 13.3 Å². The molecule has 0 saturated carbocycles. The van der Waals surface area contributed by atoms with Gasteiger partial charge in [0.1, 0.15) is 11.8 Å². The van der Waals surface area contributed by atoms with Gasteiger partial charge in [0.05, 0.1) is 12.2 Å². The molecule has 2 rings (SSSR count). The fourth-order valence-electron chi connectivity index (χ4n) is 2.42. The number of ether oxygens (including phenoxy) is 2. The Kier molecular flexibility index (Phi) is 6.91. The number of rotatable bonds is 7. The van der Waals surface area contributed by atoms with Gasteiger partial charge in [0.25, 0.3) is 5.91 Å². The van der Waals surface area contributed by atoms with Crippen molar-refractivity contribution in [3.05, 3.63) is 65.7 Å². The van der Waals surface area contributed by atoms with Crippen molar-refractivity contribution in [2.75, 3.05) is 6.61 Å². The van der Waals surface area contributed by atoms with Crippen molar-refractivity contribution in [3.63, 3.8) is 0 Å². The highest BCUT2D eigenvalue weighted by Gasteiger charge is 2.24. The minimum Gasteiger partial charge on any atom is -0.464 e. The topological polar surface area (TPSA) is 81.7 Å². The van der Waals surface area contributed by atoms with Gasteiger partial charge in [-0.1, -0.05) is 42.5 Å². The highest BCUT2D eigenvalue weighted by Crippen LogP contribution is 2.18. The van der Waals surface area contributed by atoms with Crippen LogP contribution in [0, 0.1) is 0 Å². The van der Waals surface area contributed by atoms with Gasteiger partial charge in [-0.3, -0.25) is 9.59 Å². The second kappa shape index (κ2) is 9.36. The Morgan fingerprint density at radius 3 is 2.31 bits per heavy atom. The summed E-state index contributed by atoms with van der Waals surface area (Å²) < 4.78 is 10.1. The molecule has 0 saturated heterocycles. The summed E-state index contributed by atoms with van der Waals surface area (Å²) >= 11 is 0. The number of benzene rings is 2. The van der Waals surface area contributed by atoms with Gasteiger partial charge < -0.3 is 14.8 Å². The van der Waals surface area contributed by atoms with Gasteiger partial charge in [-0.25, -0.2) is 4.79 Å². The van der Waals surface area contributed by atoms with E-state index in [-0.39, 0.29) is 17.9 Å². The van der Waals surface area contributed by atoms with Crippen molar-refractivity contribution in [2.45, 2.75) is 26.3 Å². The van der Waals surface area contributed by atoms with Crippen LogP contribution in [0.1, 0.15) is 29.8 Å². The van der Waals surface area contributed by atoms with Crippen LogP contribution in [0.25, 0.3) is 0 Å². The Balaban J connectivity index is 2.20. The van der Waals surface area contributed by atoms with Crippen LogP contribution < -0.4 is 10.1 Å². The fraction of sp³-hybridized carbons (Fsp3) is 0.250. The molecule has 1 N–H and O–H groups in total. The predicted octanol–water partition coefficient (Wildman–Crippen LogP) is 2.52. The van der Waals surface area contributed by atoms with E-state index < -0.39 is 23.9 Å². The third-order valence-corrected chi connectivity index (χ3v) is 3.54. The average Bonchev–Trinajstić information content (AvgIpc) is 2.62. The van der Waals surface area contributed by atoms with Crippen LogP contribution in [0.3, 0.4) is 0 Å². The highest BCUT2D eigenvalue weighted by molar-refractivity contribution is 5.99. The van der Waals surface area contributed by atoms with Crippen molar-refractivity contribution in [3.8, 4) is 5.75 Å². The lowest BCUT2D eigenvalue weighted by Crippen LogP contribution is -2.43. The van der Waals surface area contributed by atoms with Crippen molar-refractivity contribution < 1.29 is 23.9 Å². The number of hydrogen-bond acceptors (Lipinski definition) is 5. The van der Waals surface area contributed by atoms with Crippen LogP contribution in [-0.4, -0.2) is 30.5 Å². The number of nitrogens with one attached hydrogen (secondary N) is 1. The number of amides is 1. The summed E-state index contributed by atoms with van der Waals surface area (Å²) in [5.74, 6) is -1.43. The van der Waals surface area contributed by atoms with E-state index >= 15 is 0 Å². The zero-order chi connectivity index (χ0) is 18.9. The molecule has 0 aliphatic heterocycles. The Morgan fingerprint density at radius 1 is 1.00 bits per heavy atom. The van der Waals surface area contributed by atoms with Crippen LogP contribution in [0.4, 0.5) is 0 Å². The van der Waals surface area contributed by atoms with E-state index in [2.05, 4.69) is 5.32 Å². The quantitative estimate of drug-likeness (QED) is 0.610. The molecule has 6 nitrogen and oxygen atoms in total. The summed E-state index contributed by atoms with van der Waals surface area (Å²) in [5, 5.41) is 2.68. The van der Waals surface area contributed by atoms with Gasteiger partial charge >= 0.3 is 11.9 Å². The normalized spacial score (nSPS) is 11.3. The molecule has 0 bridgehead atoms. The summed E-state index contributed by atoms with van der Waals surface area (Å²) in [4.78, 5) is 36.1. The smallest absolute Gasteiger partial charge is 0.328 e. The molecule has 2 aromatic rings. The van der Waals surface area contributed by atoms with Crippen LogP contribution >= 0.6 is 0 Å². The van der Waals surface area contributed by atoms with Gasteiger partial charge in [-0.05, 0) is 24.6 Å². The molecular weight excluding hydrogens is 334 g/mol. The Morgan fingerprint density at radius 2 is 1.65 bits per heavy atom. The predicted molar refractivity (Wildman–Crippen MR) is 95.8 cm³/mol. The van der Waals surface area contributed by atoms with E-state index in [1.165, 1.54) is 19.1 Å². The fourth-order valence-corrected chi connectivity index (χ4v) is 2.42. The SMILES string of the molecule is CCOC(=O)[C@H](Cc1ccccc1)NC(=O)c1ccccc1OC(C)=O. The second-order valence-electron chi connectivity index (χ2n) is 5.56. The van der Waals surface area contributed by atoms with Crippen molar-refractivity contribution in [1.29, 1.82) is 0 Å². The van der Waals surface area contributed by atoms with Crippen molar-refractivity contribution >= 4 is 17.8 Å². The first-order valence-electron chi connectivity index (χ1n) is 8.30. The molecule has 1 atom stereocenters. The lowest BCUT2D eigenvalue weighted by Gasteiger charge is -2.18. The number of carbonyl (C=O) groups is 3. The second-order valence-corrected chi connectivity index (χ2v) is 5.56. The zero-order valence-corrected chi connectivity index (χ0v) is 14.7. The number of carbonyl (C=O) groups excluding carboxylic acids is 3. The van der Waals surface area contributed by atoms with Crippen molar-refractivity contribution in [1.82, 2.24) is 5.32 Å². The summed E-state index contributed by atoms with van der Waals surface area (Å²) in [5.41, 5.74) is 1.06. The Bertz CT molecular complexity index is 773. The Labute approximate surface area is 152 Å². The molecule has 0 unspecified atom stereocenters. The molecule has 0 radical (unpaired) electrons.